The molecular formula is C19H18F4N6O4S. The number of carbonyl (C=O) groups excluding carboxylic acids is 1. The van der Waals surface area contributed by atoms with Crippen molar-refractivity contribution in [2.75, 3.05) is 16.3 Å². The van der Waals surface area contributed by atoms with Crippen molar-refractivity contribution in [1.82, 2.24) is 20.0 Å². The van der Waals surface area contributed by atoms with Crippen LogP contribution >= 0.6 is 0 Å². The van der Waals surface area contributed by atoms with Gasteiger partial charge in [-0.05, 0) is 37.3 Å². The molecule has 1 aromatic carbocycles. The Labute approximate surface area is 191 Å². The lowest BCUT2D eigenvalue weighted by Crippen LogP contribution is -2.24. The number of aryl methyl sites for hydroxylation is 2. The molecule has 3 aromatic rings. The lowest BCUT2D eigenvalue weighted by molar-refractivity contribution is -0.0162. The number of ether oxygens (including phenoxy) is 1. The number of aromatic nitrogens is 4. The second-order valence-electron chi connectivity index (χ2n) is 7.07. The van der Waals surface area contributed by atoms with Crippen molar-refractivity contribution in [1.29, 1.82) is 0 Å². The van der Waals surface area contributed by atoms with Crippen LogP contribution < -0.4 is 10.0 Å². The predicted octanol–water partition coefficient (Wildman–Crippen LogP) is 3.39. The Balaban J connectivity index is 1.86. The van der Waals surface area contributed by atoms with Crippen LogP contribution in [-0.2, 0) is 21.8 Å². The largest absolute Gasteiger partial charge is 0.435 e. The normalized spacial score (nSPS) is 12.5. The fraction of sp³-hybridized carbons (Fsp3) is 0.263. The van der Waals surface area contributed by atoms with Crippen LogP contribution in [0.1, 0.15) is 17.4 Å². The minimum Gasteiger partial charge on any atom is -0.435 e. The van der Waals surface area contributed by atoms with Crippen molar-refractivity contribution in [3.63, 3.8) is 0 Å². The van der Waals surface area contributed by atoms with Crippen LogP contribution in [0.3, 0.4) is 0 Å². The molecule has 2 aromatic heterocycles. The Morgan fingerprint density at radius 2 is 1.88 bits per heavy atom. The number of nitrogens with zero attached hydrogens (tertiary/aromatic N) is 4. The molecule has 2 N–H and O–H groups in total. The number of carbonyl (C=O) groups is 1. The average molecular weight is 502 g/mol. The molecule has 0 aliphatic rings. The molecule has 0 fully saturated rings. The maximum absolute atomic E-state index is 13.9. The number of amides is 1. The number of alkyl halides is 2. The van der Waals surface area contributed by atoms with Gasteiger partial charge in [0.15, 0.2) is 17.6 Å². The summed E-state index contributed by atoms with van der Waals surface area (Å²) in [6, 6.07) is 4.69. The molecule has 0 aliphatic heterocycles. The van der Waals surface area contributed by atoms with Crippen LogP contribution in [0.4, 0.5) is 33.9 Å². The highest BCUT2D eigenvalue weighted by molar-refractivity contribution is 7.92. The summed E-state index contributed by atoms with van der Waals surface area (Å²) in [5.74, 6) is -2.27. The van der Waals surface area contributed by atoms with E-state index in [1.165, 1.54) is 26.1 Å². The molecule has 0 radical (unpaired) electrons. The van der Waals surface area contributed by atoms with Crippen LogP contribution in [0.15, 0.2) is 30.3 Å². The van der Waals surface area contributed by atoms with Crippen molar-refractivity contribution in [2.24, 2.45) is 7.05 Å². The zero-order valence-corrected chi connectivity index (χ0v) is 18.7. The molecule has 0 unspecified atom stereocenters. The van der Waals surface area contributed by atoms with Crippen LogP contribution in [-0.4, -0.2) is 47.2 Å². The van der Waals surface area contributed by atoms with Gasteiger partial charge in [-0.25, -0.2) is 40.4 Å². The Morgan fingerprint density at radius 3 is 2.50 bits per heavy atom. The van der Waals surface area contributed by atoms with Crippen LogP contribution in [0.2, 0.25) is 0 Å². The third kappa shape index (κ3) is 5.78. The first kappa shape index (κ1) is 24.9. The van der Waals surface area contributed by atoms with Crippen LogP contribution in [0, 0.1) is 18.6 Å². The van der Waals surface area contributed by atoms with E-state index in [0.717, 1.165) is 17.0 Å². The van der Waals surface area contributed by atoms with Gasteiger partial charge in [-0.3, -0.25) is 10.0 Å². The molecule has 0 aliphatic carbocycles. The lowest BCUT2D eigenvalue weighted by Gasteiger charge is -2.18. The second-order valence-corrected chi connectivity index (χ2v) is 8.81. The Morgan fingerprint density at radius 1 is 1.18 bits per heavy atom. The van der Waals surface area contributed by atoms with Crippen molar-refractivity contribution in [2.45, 2.75) is 19.5 Å². The maximum atomic E-state index is 13.9. The topological polar surface area (TPSA) is 128 Å². The molecule has 0 spiro atoms. The monoisotopic (exact) mass is 502 g/mol. The molecule has 34 heavy (non-hydrogen) atoms. The van der Waals surface area contributed by atoms with Gasteiger partial charge < -0.3 is 4.74 Å². The number of hydrogen-bond acceptors (Lipinski definition) is 7. The van der Waals surface area contributed by atoms with Crippen LogP contribution in [0.5, 0.6) is 0 Å². The molecule has 0 saturated carbocycles. The Kier molecular flexibility index (Phi) is 7.04. The van der Waals surface area contributed by atoms with E-state index in [4.69, 9.17) is 0 Å². The third-order valence-electron chi connectivity index (χ3n) is 4.40. The number of hydrogen-bond donors (Lipinski definition) is 2. The standard InChI is InChI=1S/C19H18F4N6O4S/c1-9-13(27-34(3,31)32)6-7-14(24-9)15-18(29(2)28-26-15)25-19(30)33-16(17(22)23)11-8-10(20)4-5-12(11)21/h4-8,16-17,27H,1-3H3,(H,25,30)/t16-/m0/s1. The minimum atomic E-state index is -3.55. The molecule has 2 heterocycles. The van der Waals surface area contributed by atoms with Crippen molar-refractivity contribution in [3.8, 4) is 11.4 Å². The molecule has 182 valence electrons. The van der Waals surface area contributed by atoms with Crippen LogP contribution in [0.25, 0.3) is 11.4 Å². The van der Waals surface area contributed by atoms with E-state index < -0.39 is 45.8 Å². The maximum Gasteiger partial charge on any atom is 0.413 e. The summed E-state index contributed by atoms with van der Waals surface area (Å²) in [6.07, 6.45) is -6.18. The van der Waals surface area contributed by atoms with E-state index in [1.54, 1.807) is 0 Å². The van der Waals surface area contributed by atoms with Crippen molar-refractivity contribution < 1.29 is 35.5 Å². The number of halogens is 4. The first-order valence-electron chi connectivity index (χ1n) is 9.42. The number of pyridine rings is 1. The summed E-state index contributed by atoms with van der Waals surface area (Å²) in [6.45, 7) is 1.52. The molecular weight excluding hydrogens is 484 g/mol. The minimum absolute atomic E-state index is 0.0130. The summed E-state index contributed by atoms with van der Waals surface area (Å²) < 4.78 is 85.3. The number of nitrogens with one attached hydrogen (secondary N) is 2. The lowest BCUT2D eigenvalue weighted by atomic mass is 10.1. The third-order valence-corrected chi connectivity index (χ3v) is 4.99. The molecule has 3 rings (SSSR count). The summed E-state index contributed by atoms with van der Waals surface area (Å²) in [7, 11) is -2.17. The highest BCUT2D eigenvalue weighted by atomic mass is 32.2. The summed E-state index contributed by atoms with van der Waals surface area (Å²) in [5, 5.41) is 9.80. The van der Waals surface area contributed by atoms with Gasteiger partial charge in [-0.15, -0.1) is 5.10 Å². The molecule has 15 heteroatoms. The van der Waals surface area contributed by atoms with Gasteiger partial charge in [0.25, 0.3) is 6.43 Å². The Hall–Kier alpha value is -3.75. The molecule has 0 saturated heterocycles. The zero-order valence-electron chi connectivity index (χ0n) is 17.9. The summed E-state index contributed by atoms with van der Waals surface area (Å²) in [4.78, 5) is 16.6. The predicted molar refractivity (Wildman–Crippen MR) is 113 cm³/mol. The highest BCUT2D eigenvalue weighted by Crippen LogP contribution is 2.30. The van der Waals surface area contributed by atoms with Gasteiger partial charge >= 0.3 is 6.09 Å². The van der Waals surface area contributed by atoms with Gasteiger partial charge in [0.2, 0.25) is 10.0 Å². The van der Waals surface area contributed by atoms with E-state index in [0.29, 0.717) is 12.1 Å². The van der Waals surface area contributed by atoms with Gasteiger partial charge in [0.05, 0.1) is 23.3 Å². The summed E-state index contributed by atoms with van der Waals surface area (Å²) >= 11 is 0. The molecule has 0 bridgehead atoms. The number of rotatable bonds is 7. The number of sulfonamides is 1. The molecule has 10 nitrogen and oxygen atoms in total. The van der Waals surface area contributed by atoms with Crippen molar-refractivity contribution >= 4 is 27.6 Å². The smallest absolute Gasteiger partial charge is 0.413 e. The summed E-state index contributed by atoms with van der Waals surface area (Å²) in [5.41, 5.74) is -0.164. The zero-order chi connectivity index (χ0) is 25.2. The molecule has 1 atom stereocenters. The highest BCUT2D eigenvalue weighted by Gasteiger charge is 2.31. The average Bonchev–Trinajstić information content (AvgIpc) is 3.08. The van der Waals surface area contributed by atoms with Gasteiger partial charge in [0, 0.05) is 12.6 Å². The first-order valence-corrected chi connectivity index (χ1v) is 11.3. The van der Waals surface area contributed by atoms with Gasteiger partial charge in [0.1, 0.15) is 11.6 Å². The van der Waals surface area contributed by atoms with E-state index in [1.807, 2.05) is 0 Å². The Bertz CT molecular complexity index is 1330. The van der Waals surface area contributed by atoms with E-state index in [2.05, 4.69) is 30.1 Å². The molecule has 1 amide bonds. The number of benzene rings is 1. The quantitative estimate of drug-likeness (QED) is 0.474. The fourth-order valence-electron chi connectivity index (χ4n) is 2.90. The fourth-order valence-corrected chi connectivity index (χ4v) is 3.51. The first-order chi connectivity index (χ1) is 15.9. The SMILES string of the molecule is Cc1nc(-c2nnn(C)c2NC(=O)O[C@@H](c2cc(F)ccc2F)C(F)F)ccc1NS(C)(=O)=O. The number of anilines is 2. The van der Waals surface area contributed by atoms with Gasteiger partial charge in [-0.2, -0.15) is 0 Å². The van der Waals surface area contributed by atoms with E-state index in [9.17, 15) is 30.8 Å². The second kappa shape index (κ2) is 9.62. The van der Waals surface area contributed by atoms with Gasteiger partial charge in [-0.1, -0.05) is 5.21 Å². The van der Waals surface area contributed by atoms with E-state index in [-0.39, 0.29) is 28.6 Å². The van der Waals surface area contributed by atoms with Crippen molar-refractivity contribution in [3.05, 3.63) is 53.2 Å². The van der Waals surface area contributed by atoms with E-state index >= 15 is 0 Å².